The molecule has 85 valence electrons. The van der Waals surface area contributed by atoms with Crippen molar-refractivity contribution < 1.29 is 51.0 Å². The number of rotatable bonds is 0. The van der Waals surface area contributed by atoms with Gasteiger partial charge in [-0.25, -0.2) is 0 Å². The molecule has 0 unspecified atom stereocenters. The summed E-state index contributed by atoms with van der Waals surface area (Å²) in [4.78, 5) is 0. The molecule has 0 aliphatic heterocycles. The molecule has 0 spiro atoms. The van der Waals surface area contributed by atoms with Crippen LogP contribution in [0.2, 0.25) is 0 Å². The van der Waals surface area contributed by atoms with Gasteiger partial charge in [0, 0.05) is 0 Å². The van der Waals surface area contributed by atoms with Gasteiger partial charge in [-0.1, -0.05) is 42.3 Å². The van der Waals surface area contributed by atoms with E-state index in [9.17, 15) is 0 Å². The van der Waals surface area contributed by atoms with Crippen LogP contribution in [0.3, 0.4) is 0 Å². The van der Waals surface area contributed by atoms with Gasteiger partial charge >= 0.3 is 26.2 Å². The van der Waals surface area contributed by atoms with Crippen molar-refractivity contribution in [3.63, 3.8) is 0 Å². The summed E-state index contributed by atoms with van der Waals surface area (Å²) in [7, 11) is 0. The van der Waals surface area contributed by atoms with Crippen LogP contribution in [0.25, 0.3) is 11.1 Å². The Hall–Kier alpha value is -0.0969. The summed E-state index contributed by atoms with van der Waals surface area (Å²) in [5.74, 6) is 0. The van der Waals surface area contributed by atoms with Crippen molar-refractivity contribution in [1.82, 2.24) is 0 Å². The van der Waals surface area contributed by atoms with Crippen molar-refractivity contribution in [2.45, 2.75) is 13.3 Å². The van der Waals surface area contributed by atoms with Gasteiger partial charge in [-0.3, -0.25) is 0 Å². The van der Waals surface area contributed by atoms with Gasteiger partial charge in [-0.2, -0.15) is 23.8 Å². The molecule has 2 aromatic carbocycles. The molecule has 0 saturated heterocycles. The number of benzene rings is 2. The number of halogens is 2. The molecule has 0 amide bonds. The Balaban J connectivity index is 0.000000853. The van der Waals surface area contributed by atoms with Crippen LogP contribution < -0.4 is 24.8 Å². The Kier molecular flexibility index (Phi) is 6.70. The van der Waals surface area contributed by atoms with Crippen LogP contribution in [0, 0.1) is 13.0 Å². The average Bonchev–Trinajstić information content (AvgIpc) is 2.57. The summed E-state index contributed by atoms with van der Waals surface area (Å²) in [6.07, 6.45) is 1.05. The van der Waals surface area contributed by atoms with Crippen molar-refractivity contribution in [3.05, 3.63) is 59.2 Å². The third-order valence-electron chi connectivity index (χ3n) is 2.94. The summed E-state index contributed by atoms with van der Waals surface area (Å²) >= 11 is 0. The molecule has 0 fully saturated rings. The Bertz CT molecular complexity index is 509. The molecule has 0 N–H and O–H groups in total. The van der Waals surface area contributed by atoms with E-state index >= 15 is 0 Å². The van der Waals surface area contributed by atoms with Gasteiger partial charge in [-0.15, -0.1) is 11.1 Å². The molecular weight excluding hydrogens is 330 g/mol. The molecular formula is C14H11Cl2Zr. The van der Waals surface area contributed by atoms with E-state index in [1.807, 2.05) is 6.07 Å². The molecule has 2 aromatic rings. The number of hydrogen-bond acceptors (Lipinski definition) is 0. The third kappa shape index (κ3) is 2.84. The maximum atomic E-state index is 3.34. The molecule has 0 bridgehead atoms. The average molecular weight is 341 g/mol. The minimum absolute atomic E-state index is 0. The summed E-state index contributed by atoms with van der Waals surface area (Å²) in [6.45, 7) is 2.18. The van der Waals surface area contributed by atoms with Gasteiger partial charge in [0.25, 0.3) is 0 Å². The molecule has 17 heavy (non-hydrogen) atoms. The van der Waals surface area contributed by atoms with Crippen molar-refractivity contribution in [1.29, 1.82) is 0 Å². The zero-order chi connectivity index (χ0) is 9.54. The Labute approximate surface area is 134 Å². The van der Waals surface area contributed by atoms with Gasteiger partial charge in [0.15, 0.2) is 0 Å². The fourth-order valence-corrected chi connectivity index (χ4v) is 2.28. The van der Waals surface area contributed by atoms with E-state index in [1.165, 1.54) is 27.8 Å². The van der Waals surface area contributed by atoms with Crippen LogP contribution in [-0.2, 0) is 32.6 Å². The van der Waals surface area contributed by atoms with E-state index in [-0.39, 0.29) is 51.0 Å². The van der Waals surface area contributed by atoms with Crippen molar-refractivity contribution in [2.24, 2.45) is 0 Å². The van der Waals surface area contributed by atoms with Crippen LogP contribution in [0.5, 0.6) is 0 Å². The van der Waals surface area contributed by atoms with Gasteiger partial charge < -0.3 is 24.8 Å². The van der Waals surface area contributed by atoms with E-state index in [1.54, 1.807) is 0 Å². The molecule has 0 heterocycles. The fraction of sp³-hybridized carbons (Fsp3) is 0.143. The zero-order valence-electron chi connectivity index (χ0n) is 9.43. The molecule has 3 heteroatoms. The van der Waals surface area contributed by atoms with Crippen LogP contribution in [0.4, 0.5) is 0 Å². The quantitative estimate of drug-likeness (QED) is 0.393. The van der Waals surface area contributed by atoms with E-state index < -0.39 is 0 Å². The second-order valence-electron chi connectivity index (χ2n) is 3.85. The second-order valence-corrected chi connectivity index (χ2v) is 3.85. The van der Waals surface area contributed by atoms with Gasteiger partial charge in [-0.05, 0) is 6.42 Å². The second kappa shape index (κ2) is 6.73. The molecule has 0 atom stereocenters. The van der Waals surface area contributed by atoms with Crippen LogP contribution in [0.15, 0.2) is 36.4 Å². The number of fused-ring (bicyclic) bond motifs is 3. The van der Waals surface area contributed by atoms with E-state index in [0.717, 1.165) is 6.42 Å². The first-order valence-electron chi connectivity index (χ1n) is 4.95. The molecule has 0 aromatic heterocycles. The van der Waals surface area contributed by atoms with E-state index in [2.05, 4.69) is 43.3 Å². The Morgan fingerprint density at radius 2 is 1.76 bits per heavy atom. The number of aryl methyl sites for hydroxylation is 1. The molecule has 1 radical (unpaired) electrons. The van der Waals surface area contributed by atoms with E-state index in [4.69, 9.17) is 0 Å². The summed E-state index contributed by atoms with van der Waals surface area (Å²) in [6, 6.07) is 16.1. The predicted molar refractivity (Wildman–Crippen MR) is 58.3 cm³/mol. The van der Waals surface area contributed by atoms with Crippen molar-refractivity contribution in [3.8, 4) is 11.1 Å². The standard InChI is InChI=1S/C14H11.2ClH.Zr/c1-10-5-4-7-12-9-11-6-2-3-8-13(11)14(10)12;;;/h2-6,8H,9H2,1H3;2*1H;/q-1;;;+3/p-2. The minimum Gasteiger partial charge on any atom is -1.00 e. The first-order chi connectivity index (χ1) is 6.86. The van der Waals surface area contributed by atoms with Gasteiger partial charge in [0.2, 0.25) is 0 Å². The SMILES string of the molecule is Cc1cc[c-]c2c1-c1ccccc1C2.[Cl-].[Cl-].[Zr+3]. The molecule has 1 aliphatic rings. The Morgan fingerprint density at radius 1 is 1.06 bits per heavy atom. The summed E-state index contributed by atoms with van der Waals surface area (Å²) in [5, 5.41) is 0. The molecule has 1 aliphatic carbocycles. The topological polar surface area (TPSA) is 0 Å². The molecule has 3 rings (SSSR count). The van der Waals surface area contributed by atoms with Crippen LogP contribution in [-0.4, -0.2) is 0 Å². The Morgan fingerprint density at radius 3 is 2.53 bits per heavy atom. The summed E-state index contributed by atoms with van der Waals surface area (Å²) in [5.41, 5.74) is 6.96. The van der Waals surface area contributed by atoms with Crippen LogP contribution >= 0.6 is 0 Å². The maximum absolute atomic E-state index is 3.34. The van der Waals surface area contributed by atoms with Crippen LogP contribution in [0.1, 0.15) is 16.7 Å². The maximum Gasteiger partial charge on any atom is 3.00 e. The molecule has 0 nitrogen and oxygen atoms in total. The first kappa shape index (κ1) is 16.9. The largest absolute Gasteiger partial charge is 3.00 e. The van der Waals surface area contributed by atoms with Crippen molar-refractivity contribution >= 4 is 0 Å². The van der Waals surface area contributed by atoms with Gasteiger partial charge in [0.1, 0.15) is 0 Å². The minimum atomic E-state index is 0. The third-order valence-corrected chi connectivity index (χ3v) is 2.94. The first-order valence-corrected chi connectivity index (χ1v) is 4.95. The fourth-order valence-electron chi connectivity index (χ4n) is 2.28. The monoisotopic (exact) mass is 339 g/mol. The van der Waals surface area contributed by atoms with Crippen molar-refractivity contribution in [2.75, 3.05) is 0 Å². The van der Waals surface area contributed by atoms with E-state index in [0.29, 0.717) is 0 Å². The smallest absolute Gasteiger partial charge is 1.00 e. The predicted octanol–water partition coefficient (Wildman–Crippen LogP) is -2.63. The van der Waals surface area contributed by atoms with Gasteiger partial charge in [0.05, 0.1) is 0 Å². The number of hydrogen-bond donors (Lipinski definition) is 0. The summed E-state index contributed by atoms with van der Waals surface area (Å²) < 4.78 is 0. The normalized spacial score (nSPS) is 10.2. The zero-order valence-corrected chi connectivity index (χ0v) is 13.4. The molecule has 0 saturated carbocycles.